The van der Waals surface area contributed by atoms with Gasteiger partial charge in [-0.15, -0.1) is 0 Å². The van der Waals surface area contributed by atoms with Gasteiger partial charge in [0, 0.05) is 38.0 Å². The fourth-order valence-electron chi connectivity index (χ4n) is 4.05. The van der Waals surface area contributed by atoms with E-state index in [1.165, 1.54) is 37.3 Å². The number of amidine groups is 1. The molecular formula is C22H24FN5O3. The van der Waals surface area contributed by atoms with Gasteiger partial charge in [0.1, 0.15) is 11.7 Å². The lowest BCUT2D eigenvalue weighted by molar-refractivity contribution is 0.0853. The maximum Gasteiger partial charge on any atom is 0.259 e. The second-order valence-electron chi connectivity index (χ2n) is 7.32. The third kappa shape index (κ3) is 3.61. The van der Waals surface area contributed by atoms with Crippen LogP contribution in [0.1, 0.15) is 27.5 Å². The zero-order valence-electron chi connectivity index (χ0n) is 17.6. The number of halogens is 1. The van der Waals surface area contributed by atoms with E-state index in [1.54, 1.807) is 19.4 Å². The number of amides is 1. The molecule has 2 aliphatic rings. The molecule has 1 unspecified atom stereocenters. The second kappa shape index (κ2) is 8.35. The Morgan fingerprint density at radius 1 is 1.35 bits per heavy atom. The monoisotopic (exact) mass is 425 g/mol. The minimum Gasteiger partial charge on any atom is -0.482 e. The molecule has 1 amide bonds. The summed E-state index contributed by atoms with van der Waals surface area (Å²) in [6.45, 7) is 1.35. The molecule has 8 nitrogen and oxygen atoms in total. The standard InChI is InChI=1S/C22H24FN5O3/c1-25-21(30-3)19-13-8-15(11-26-10-13)28-6-7-31-12-18(28)17-9-14(23)4-5-16(17)22(29)27(2)20(19)24/h4-5,8-11,18,24-25H,6-7,12H2,1-3H3/b21-19+,24-20?. The number of methoxy groups -OCH3 is 1. The first-order chi connectivity index (χ1) is 15.0. The number of carbonyl (C=O) groups is 1. The molecule has 1 atom stereocenters. The fourth-order valence-corrected chi connectivity index (χ4v) is 4.05. The largest absolute Gasteiger partial charge is 0.482 e. The van der Waals surface area contributed by atoms with E-state index in [0.717, 1.165) is 5.69 Å². The van der Waals surface area contributed by atoms with Crippen LogP contribution in [0.3, 0.4) is 0 Å². The molecule has 0 spiro atoms. The van der Waals surface area contributed by atoms with E-state index in [4.69, 9.17) is 14.9 Å². The lowest BCUT2D eigenvalue weighted by atomic mass is 9.97. The van der Waals surface area contributed by atoms with Crippen LogP contribution < -0.4 is 10.2 Å². The van der Waals surface area contributed by atoms with Gasteiger partial charge in [0.05, 0.1) is 43.8 Å². The highest BCUT2D eigenvalue weighted by atomic mass is 19.1. The van der Waals surface area contributed by atoms with Crippen molar-refractivity contribution in [2.75, 3.05) is 45.9 Å². The molecule has 1 aromatic carbocycles. The average Bonchev–Trinajstić information content (AvgIpc) is 2.81. The number of likely N-dealkylation sites (N-methyl/N-ethyl adjacent to an activating group) is 1. The lowest BCUT2D eigenvalue weighted by Crippen LogP contribution is -2.41. The normalized spacial score (nSPS) is 20.5. The quantitative estimate of drug-likeness (QED) is 0.718. The number of fused-ring (bicyclic) bond motifs is 6. The van der Waals surface area contributed by atoms with Crippen molar-refractivity contribution in [3.8, 4) is 0 Å². The number of morpholine rings is 1. The van der Waals surface area contributed by atoms with Crippen LogP contribution >= 0.6 is 0 Å². The number of anilines is 1. The zero-order chi connectivity index (χ0) is 22.1. The number of carbonyl (C=O) groups excluding carboxylic acids is 1. The Kier molecular flexibility index (Phi) is 5.60. The highest BCUT2D eigenvalue weighted by Crippen LogP contribution is 2.35. The van der Waals surface area contributed by atoms with E-state index in [0.29, 0.717) is 47.9 Å². The molecule has 2 N–H and O–H groups in total. The number of pyridine rings is 1. The summed E-state index contributed by atoms with van der Waals surface area (Å²) >= 11 is 0. The van der Waals surface area contributed by atoms with Crippen LogP contribution in [0.4, 0.5) is 10.1 Å². The zero-order valence-corrected chi connectivity index (χ0v) is 17.6. The number of nitrogens with zero attached hydrogens (tertiary/aromatic N) is 3. The summed E-state index contributed by atoms with van der Waals surface area (Å²) in [5.41, 5.74) is 2.64. The molecule has 2 aliphatic heterocycles. The predicted octanol–water partition coefficient (Wildman–Crippen LogP) is 2.40. The summed E-state index contributed by atoms with van der Waals surface area (Å²) in [6.07, 6.45) is 3.35. The Bertz CT molecular complexity index is 1060. The summed E-state index contributed by atoms with van der Waals surface area (Å²) in [5, 5.41) is 11.7. The number of hydrogen-bond donors (Lipinski definition) is 2. The van der Waals surface area contributed by atoms with E-state index in [9.17, 15) is 9.18 Å². The molecule has 2 bridgehead atoms. The van der Waals surface area contributed by atoms with Crippen molar-refractivity contribution in [1.82, 2.24) is 15.2 Å². The molecule has 1 saturated heterocycles. The first-order valence-corrected chi connectivity index (χ1v) is 9.88. The Morgan fingerprint density at radius 3 is 2.90 bits per heavy atom. The van der Waals surface area contributed by atoms with Crippen LogP contribution in [0.2, 0.25) is 0 Å². The predicted molar refractivity (Wildman–Crippen MR) is 114 cm³/mol. The summed E-state index contributed by atoms with van der Waals surface area (Å²) in [6, 6.07) is 5.62. The Morgan fingerprint density at radius 2 is 2.16 bits per heavy atom. The first kappa shape index (κ1) is 20.8. The van der Waals surface area contributed by atoms with Crippen LogP contribution in [0.5, 0.6) is 0 Å². The molecule has 0 saturated carbocycles. The van der Waals surface area contributed by atoms with Crippen molar-refractivity contribution < 1.29 is 18.7 Å². The smallest absolute Gasteiger partial charge is 0.259 e. The summed E-state index contributed by atoms with van der Waals surface area (Å²) in [5.74, 6) is -0.589. The Labute approximate surface area is 179 Å². The molecule has 0 aliphatic carbocycles. The van der Waals surface area contributed by atoms with Gasteiger partial charge in [-0.1, -0.05) is 0 Å². The highest BCUT2D eigenvalue weighted by molar-refractivity contribution is 6.27. The topological polar surface area (TPSA) is 90.8 Å². The summed E-state index contributed by atoms with van der Waals surface area (Å²) in [7, 11) is 4.69. The van der Waals surface area contributed by atoms with Gasteiger partial charge in [0.25, 0.3) is 5.91 Å². The van der Waals surface area contributed by atoms with Crippen molar-refractivity contribution in [2.24, 2.45) is 0 Å². The molecule has 1 fully saturated rings. The molecular weight excluding hydrogens is 401 g/mol. The van der Waals surface area contributed by atoms with Crippen molar-refractivity contribution in [2.45, 2.75) is 6.04 Å². The third-order valence-corrected chi connectivity index (χ3v) is 5.61. The Balaban J connectivity index is 2.02. The van der Waals surface area contributed by atoms with Crippen molar-refractivity contribution in [3.05, 3.63) is 65.0 Å². The maximum atomic E-state index is 14.3. The molecule has 1 aromatic heterocycles. The number of rotatable bonds is 2. The van der Waals surface area contributed by atoms with E-state index in [-0.39, 0.29) is 11.9 Å². The van der Waals surface area contributed by atoms with Gasteiger partial charge in [-0.2, -0.15) is 0 Å². The first-order valence-electron chi connectivity index (χ1n) is 9.88. The molecule has 9 heteroatoms. The average molecular weight is 425 g/mol. The second-order valence-corrected chi connectivity index (χ2v) is 7.32. The van der Waals surface area contributed by atoms with Gasteiger partial charge < -0.3 is 19.7 Å². The van der Waals surface area contributed by atoms with Gasteiger partial charge in [0.15, 0.2) is 5.88 Å². The third-order valence-electron chi connectivity index (χ3n) is 5.61. The molecule has 162 valence electrons. The highest BCUT2D eigenvalue weighted by Gasteiger charge is 2.33. The lowest BCUT2D eigenvalue weighted by Gasteiger charge is -2.38. The van der Waals surface area contributed by atoms with Crippen LogP contribution in [-0.4, -0.2) is 62.6 Å². The van der Waals surface area contributed by atoms with Gasteiger partial charge in [0.2, 0.25) is 0 Å². The van der Waals surface area contributed by atoms with Gasteiger partial charge in [-0.05, 0) is 29.8 Å². The minimum atomic E-state index is -0.436. The van der Waals surface area contributed by atoms with Crippen LogP contribution in [0.25, 0.3) is 5.57 Å². The van der Waals surface area contributed by atoms with Crippen molar-refractivity contribution in [1.29, 1.82) is 5.41 Å². The number of aromatic nitrogens is 1. The van der Waals surface area contributed by atoms with Gasteiger partial charge in [-0.3, -0.25) is 20.1 Å². The van der Waals surface area contributed by atoms with Gasteiger partial charge >= 0.3 is 0 Å². The molecule has 31 heavy (non-hydrogen) atoms. The van der Waals surface area contributed by atoms with Crippen molar-refractivity contribution >= 4 is 23.0 Å². The number of nitrogens with one attached hydrogen (secondary N) is 2. The van der Waals surface area contributed by atoms with E-state index >= 15 is 0 Å². The molecule has 4 rings (SSSR count). The number of ether oxygens (including phenoxy) is 2. The minimum absolute atomic E-state index is 0.0680. The van der Waals surface area contributed by atoms with Crippen LogP contribution in [0.15, 0.2) is 42.5 Å². The van der Waals surface area contributed by atoms with E-state index in [2.05, 4.69) is 15.2 Å². The van der Waals surface area contributed by atoms with Gasteiger partial charge in [-0.25, -0.2) is 4.39 Å². The van der Waals surface area contributed by atoms with Crippen LogP contribution in [0, 0.1) is 11.2 Å². The summed E-state index contributed by atoms with van der Waals surface area (Å²) < 4.78 is 25.4. The van der Waals surface area contributed by atoms with Crippen LogP contribution in [-0.2, 0) is 9.47 Å². The molecule has 3 heterocycles. The molecule has 2 aromatic rings. The molecule has 0 radical (unpaired) electrons. The van der Waals surface area contributed by atoms with E-state index < -0.39 is 11.7 Å². The fraction of sp³-hybridized carbons (Fsp3) is 0.318. The number of benzene rings is 1. The maximum absolute atomic E-state index is 14.3. The van der Waals surface area contributed by atoms with E-state index in [1.807, 2.05) is 6.07 Å². The number of hydrogen-bond acceptors (Lipinski definition) is 7. The SMILES string of the molecule is CN/C(OC)=C1\C(=N)N(C)C(=O)c2ccc(F)cc2C2COCCN2c2cncc1c2. The van der Waals surface area contributed by atoms with Crippen molar-refractivity contribution in [3.63, 3.8) is 0 Å². The summed E-state index contributed by atoms with van der Waals surface area (Å²) in [4.78, 5) is 21.1. The Hall–Kier alpha value is -3.46.